The van der Waals surface area contributed by atoms with Crippen molar-refractivity contribution in [3.05, 3.63) is 16.3 Å². The summed E-state index contributed by atoms with van der Waals surface area (Å²) < 4.78 is 32.5. The molecule has 21 heavy (non-hydrogen) atoms. The number of nitrogens with one attached hydrogen (secondary N) is 1. The summed E-state index contributed by atoms with van der Waals surface area (Å²) in [5.74, 6) is 0. The van der Waals surface area contributed by atoms with Gasteiger partial charge in [0.05, 0.1) is 18.1 Å². The van der Waals surface area contributed by atoms with Gasteiger partial charge in [-0.2, -0.15) is 4.31 Å². The molecular formula is C14H24N2O3S2. The minimum Gasteiger partial charge on any atom is -0.378 e. The van der Waals surface area contributed by atoms with Crippen molar-refractivity contribution in [2.75, 3.05) is 19.8 Å². The number of hydrogen-bond donors (Lipinski definition) is 1. The van der Waals surface area contributed by atoms with Crippen LogP contribution in [0.5, 0.6) is 0 Å². The normalized spacial score (nSPS) is 21.0. The van der Waals surface area contributed by atoms with E-state index in [2.05, 4.69) is 19.2 Å². The Morgan fingerprint density at radius 2 is 2.29 bits per heavy atom. The van der Waals surface area contributed by atoms with Gasteiger partial charge in [0.2, 0.25) is 10.0 Å². The van der Waals surface area contributed by atoms with Crippen LogP contribution in [0.2, 0.25) is 0 Å². The van der Waals surface area contributed by atoms with Gasteiger partial charge in [0, 0.05) is 35.4 Å². The van der Waals surface area contributed by atoms with Crippen molar-refractivity contribution in [3.8, 4) is 0 Å². The van der Waals surface area contributed by atoms with E-state index in [1.165, 1.54) is 11.3 Å². The first-order valence-electron chi connectivity index (χ1n) is 7.35. The number of nitrogens with zero attached hydrogens (tertiary/aromatic N) is 1. The Morgan fingerprint density at radius 1 is 1.52 bits per heavy atom. The van der Waals surface area contributed by atoms with Crippen molar-refractivity contribution < 1.29 is 13.2 Å². The summed E-state index contributed by atoms with van der Waals surface area (Å²) in [5.41, 5.74) is 0. The van der Waals surface area contributed by atoms with Crippen LogP contribution >= 0.6 is 11.3 Å². The van der Waals surface area contributed by atoms with Gasteiger partial charge in [-0.05, 0) is 12.5 Å². The molecule has 1 atom stereocenters. The third-order valence-corrected chi connectivity index (χ3v) is 6.58. The lowest BCUT2D eigenvalue weighted by Crippen LogP contribution is -2.48. The summed E-state index contributed by atoms with van der Waals surface area (Å²) in [6.45, 7) is 8.25. The lowest BCUT2D eigenvalue weighted by Gasteiger charge is -2.33. The molecule has 2 rings (SSSR count). The van der Waals surface area contributed by atoms with E-state index in [0.29, 0.717) is 37.2 Å². The molecule has 0 amide bonds. The summed E-state index contributed by atoms with van der Waals surface area (Å²) in [7, 11) is -3.41. The Bertz CT molecular complexity index is 554. The zero-order valence-electron chi connectivity index (χ0n) is 12.8. The smallest absolute Gasteiger partial charge is 0.244 e. The molecule has 1 N–H and O–H groups in total. The van der Waals surface area contributed by atoms with Crippen LogP contribution in [0.3, 0.4) is 0 Å². The largest absolute Gasteiger partial charge is 0.378 e. The molecule has 0 spiro atoms. The Kier molecular flexibility index (Phi) is 5.79. The lowest BCUT2D eigenvalue weighted by molar-refractivity contribution is 0.0314. The van der Waals surface area contributed by atoms with Crippen molar-refractivity contribution in [1.29, 1.82) is 0 Å². The fraction of sp³-hybridized carbons (Fsp3) is 0.714. The van der Waals surface area contributed by atoms with E-state index in [-0.39, 0.29) is 6.04 Å². The molecule has 0 saturated carbocycles. The van der Waals surface area contributed by atoms with Crippen molar-refractivity contribution in [3.63, 3.8) is 0 Å². The van der Waals surface area contributed by atoms with E-state index in [4.69, 9.17) is 4.74 Å². The molecule has 0 bridgehead atoms. The maximum absolute atomic E-state index is 12.8. The van der Waals surface area contributed by atoms with Gasteiger partial charge in [-0.15, -0.1) is 11.3 Å². The van der Waals surface area contributed by atoms with Crippen molar-refractivity contribution in [1.82, 2.24) is 9.62 Å². The van der Waals surface area contributed by atoms with Crippen LogP contribution in [-0.4, -0.2) is 44.6 Å². The first kappa shape index (κ1) is 16.9. The molecule has 1 unspecified atom stereocenters. The van der Waals surface area contributed by atoms with E-state index in [0.717, 1.165) is 11.3 Å². The van der Waals surface area contributed by atoms with Crippen molar-refractivity contribution >= 4 is 21.4 Å². The monoisotopic (exact) mass is 332 g/mol. The van der Waals surface area contributed by atoms with Crippen LogP contribution in [0.15, 0.2) is 16.3 Å². The molecule has 120 valence electrons. The predicted octanol–water partition coefficient (Wildman–Crippen LogP) is 2.05. The van der Waals surface area contributed by atoms with E-state index < -0.39 is 10.0 Å². The quantitative estimate of drug-likeness (QED) is 0.866. The second kappa shape index (κ2) is 7.19. The SMILES string of the molecule is CCC1COCCN1S(=O)(=O)c1csc(CNC(C)C)c1. The number of morpholine rings is 1. The zero-order chi connectivity index (χ0) is 15.5. The maximum atomic E-state index is 12.8. The molecule has 2 heterocycles. The Morgan fingerprint density at radius 3 is 2.95 bits per heavy atom. The second-order valence-corrected chi connectivity index (χ2v) is 8.42. The van der Waals surface area contributed by atoms with Gasteiger partial charge >= 0.3 is 0 Å². The van der Waals surface area contributed by atoms with E-state index in [9.17, 15) is 8.42 Å². The van der Waals surface area contributed by atoms with Crippen LogP contribution in [0, 0.1) is 0 Å². The Labute approximate surface area is 131 Å². The molecule has 0 aliphatic carbocycles. The number of sulfonamides is 1. The summed E-state index contributed by atoms with van der Waals surface area (Å²) in [6, 6.07) is 2.12. The van der Waals surface area contributed by atoms with E-state index in [1.54, 1.807) is 15.8 Å². The van der Waals surface area contributed by atoms with Crippen LogP contribution in [0.4, 0.5) is 0 Å². The van der Waals surface area contributed by atoms with Gasteiger partial charge in [0.1, 0.15) is 0 Å². The molecule has 1 fully saturated rings. The van der Waals surface area contributed by atoms with Crippen molar-refractivity contribution in [2.45, 2.75) is 50.7 Å². The topological polar surface area (TPSA) is 58.6 Å². The maximum Gasteiger partial charge on any atom is 0.244 e. The van der Waals surface area contributed by atoms with Gasteiger partial charge < -0.3 is 10.1 Å². The third kappa shape index (κ3) is 4.04. The molecule has 1 aliphatic rings. The first-order valence-corrected chi connectivity index (χ1v) is 9.67. The van der Waals surface area contributed by atoms with E-state index >= 15 is 0 Å². The summed E-state index contributed by atoms with van der Waals surface area (Å²) in [4.78, 5) is 1.46. The highest BCUT2D eigenvalue weighted by Crippen LogP contribution is 2.26. The molecule has 5 nitrogen and oxygen atoms in total. The Balaban J connectivity index is 2.15. The average Bonchev–Trinajstić information content (AvgIpc) is 2.94. The Hall–Kier alpha value is -0.470. The fourth-order valence-electron chi connectivity index (χ4n) is 2.31. The highest BCUT2D eigenvalue weighted by molar-refractivity contribution is 7.89. The third-order valence-electron chi connectivity index (χ3n) is 3.57. The fourth-order valence-corrected chi connectivity index (χ4v) is 5.19. The molecule has 0 aromatic carbocycles. The number of ether oxygens (including phenoxy) is 1. The highest BCUT2D eigenvalue weighted by atomic mass is 32.2. The van der Waals surface area contributed by atoms with Crippen LogP contribution in [0.25, 0.3) is 0 Å². The van der Waals surface area contributed by atoms with E-state index in [1.807, 2.05) is 6.92 Å². The summed E-state index contributed by atoms with van der Waals surface area (Å²) in [6.07, 6.45) is 0.769. The molecule has 1 saturated heterocycles. The number of rotatable bonds is 6. The number of hydrogen-bond acceptors (Lipinski definition) is 5. The minimum absolute atomic E-state index is 0.0547. The average molecular weight is 332 g/mol. The zero-order valence-corrected chi connectivity index (χ0v) is 14.5. The molecule has 1 aromatic heterocycles. The molecule has 1 aromatic rings. The van der Waals surface area contributed by atoms with Gasteiger partial charge in [0.25, 0.3) is 0 Å². The highest BCUT2D eigenvalue weighted by Gasteiger charge is 2.33. The standard InChI is InChI=1S/C14H24N2O3S2/c1-4-12-9-19-6-5-16(12)21(17,18)14-7-13(20-10-14)8-15-11(2)3/h7,10-12,15H,4-6,8-9H2,1-3H3. The van der Waals surface area contributed by atoms with Gasteiger partial charge in [-0.1, -0.05) is 20.8 Å². The predicted molar refractivity (Wildman–Crippen MR) is 85.1 cm³/mol. The minimum atomic E-state index is -3.41. The molecular weight excluding hydrogens is 308 g/mol. The van der Waals surface area contributed by atoms with Gasteiger partial charge in [-0.3, -0.25) is 0 Å². The van der Waals surface area contributed by atoms with Gasteiger partial charge in [0.15, 0.2) is 0 Å². The van der Waals surface area contributed by atoms with Crippen LogP contribution < -0.4 is 5.32 Å². The molecule has 0 radical (unpaired) electrons. The van der Waals surface area contributed by atoms with Crippen molar-refractivity contribution in [2.24, 2.45) is 0 Å². The van der Waals surface area contributed by atoms with Crippen LogP contribution in [0.1, 0.15) is 32.1 Å². The van der Waals surface area contributed by atoms with Gasteiger partial charge in [-0.25, -0.2) is 8.42 Å². The number of thiophene rings is 1. The summed E-state index contributed by atoms with van der Waals surface area (Å²) >= 11 is 1.49. The first-order chi connectivity index (χ1) is 9.95. The summed E-state index contributed by atoms with van der Waals surface area (Å²) in [5, 5.41) is 5.05. The van der Waals surface area contributed by atoms with Crippen LogP contribution in [-0.2, 0) is 21.3 Å². The lowest BCUT2D eigenvalue weighted by atomic mass is 10.2. The molecule has 7 heteroatoms. The molecule has 1 aliphatic heterocycles. The second-order valence-electron chi connectivity index (χ2n) is 5.54.